The second-order valence-electron chi connectivity index (χ2n) is 9.24. The number of nitrogens with one attached hydrogen (secondary N) is 1. The van der Waals surface area contributed by atoms with Gasteiger partial charge in [0.15, 0.2) is 0 Å². The first-order valence-electron chi connectivity index (χ1n) is 12.5. The van der Waals surface area contributed by atoms with Crippen molar-refractivity contribution < 1.29 is 27.5 Å². The second-order valence-corrected chi connectivity index (χ2v) is 11.1. The van der Waals surface area contributed by atoms with Crippen molar-refractivity contribution in [3.63, 3.8) is 0 Å². The van der Waals surface area contributed by atoms with Crippen molar-refractivity contribution in [1.82, 2.24) is 10.2 Å². The van der Waals surface area contributed by atoms with Gasteiger partial charge in [-0.3, -0.25) is 13.9 Å². The van der Waals surface area contributed by atoms with E-state index in [1.807, 2.05) is 13.8 Å². The third kappa shape index (κ3) is 7.51. The van der Waals surface area contributed by atoms with Crippen molar-refractivity contribution in [1.29, 1.82) is 0 Å². The van der Waals surface area contributed by atoms with Gasteiger partial charge in [0, 0.05) is 18.7 Å². The van der Waals surface area contributed by atoms with Crippen LogP contribution in [0.1, 0.15) is 26.3 Å². The molecule has 0 saturated heterocycles. The predicted molar refractivity (Wildman–Crippen MR) is 150 cm³/mol. The Morgan fingerprint density at radius 3 is 2.08 bits per heavy atom. The smallest absolute Gasteiger partial charge is 0.264 e. The number of nitrogens with zero attached hydrogens (tertiary/aromatic N) is 2. The van der Waals surface area contributed by atoms with Crippen molar-refractivity contribution in [2.75, 3.05) is 25.1 Å². The minimum atomic E-state index is -4.14. The largest absolute Gasteiger partial charge is 0.497 e. The van der Waals surface area contributed by atoms with Crippen molar-refractivity contribution in [2.45, 2.75) is 44.3 Å². The number of rotatable bonds is 12. The van der Waals surface area contributed by atoms with E-state index in [2.05, 4.69) is 5.32 Å². The molecule has 0 radical (unpaired) electrons. The van der Waals surface area contributed by atoms with E-state index in [4.69, 9.17) is 9.47 Å². The number of sulfonamides is 1. The number of carbonyl (C=O) groups excluding carboxylic acids is 2. The highest BCUT2D eigenvalue weighted by Crippen LogP contribution is 2.27. The summed E-state index contributed by atoms with van der Waals surface area (Å²) in [5.41, 5.74) is 1.02. The summed E-state index contributed by atoms with van der Waals surface area (Å²) in [6.07, 6.45) is 0. The quantitative estimate of drug-likeness (QED) is 0.365. The van der Waals surface area contributed by atoms with Crippen LogP contribution in [0.5, 0.6) is 11.5 Å². The van der Waals surface area contributed by atoms with Crippen LogP contribution in [0, 0.1) is 0 Å². The molecule has 0 aliphatic rings. The fourth-order valence-electron chi connectivity index (χ4n) is 3.93. The molecule has 3 rings (SSSR count). The Hall–Kier alpha value is -4.05. The third-order valence-electron chi connectivity index (χ3n) is 6.06. The molecule has 0 aliphatic heterocycles. The maximum atomic E-state index is 13.9. The van der Waals surface area contributed by atoms with Crippen molar-refractivity contribution in [2.24, 2.45) is 0 Å². The lowest BCUT2D eigenvalue weighted by atomic mass is 10.1. The summed E-state index contributed by atoms with van der Waals surface area (Å²) in [5.74, 6) is 0.207. The first kappa shape index (κ1) is 29.5. The molecule has 0 aliphatic carbocycles. The topological polar surface area (TPSA) is 105 Å². The molecule has 9 nitrogen and oxygen atoms in total. The van der Waals surface area contributed by atoms with Gasteiger partial charge in [-0.1, -0.05) is 36.4 Å². The van der Waals surface area contributed by atoms with Crippen molar-refractivity contribution in [3.8, 4) is 11.5 Å². The van der Waals surface area contributed by atoms with Gasteiger partial charge < -0.3 is 19.7 Å². The molecular weight excluding hydrogens is 518 g/mol. The van der Waals surface area contributed by atoms with E-state index in [9.17, 15) is 18.0 Å². The zero-order valence-electron chi connectivity index (χ0n) is 22.8. The average molecular weight is 554 g/mol. The Morgan fingerprint density at radius 2 is 1.49 bits per heavy atom. The molecule has 0 unspecified atom stereocenters. The number of amides is 2. The van der Waals surface area contributed by atoms with Gasteiger partial charge in [-0.2, -0.15) is 0 Å². The van der Waals surface area contributed by atoms with Crippen LogP contribution in [0.3, 0.4) is 0 Å². The van der Waals surface area contributed by atoms with Gasteiger partial charge in [0.25, 0.3) is 10.0 Å². The lowest BCUT2D eigenvalue weighted by molar-refractivity contribution is -0.139. The number of hydrogen-bond donors (Lipinski definition) is 1. The van der Waals surface area contributed by atoms with Gasteiger partial charge in [-0.25, -0.2) is 8.42 Å². The monoisotopic (exact) mass is 553 g/mol. The van der Waals surface area contributed by atoms with Crippen LogP contribution in [0.15, 0.2) is 83.8 Å². The van der Waals surface area contributed by atoms with Crippen molar-refractivity contribution in [3.05, 3.63) is 84.4 Å². The normalized spacial score (nSPS) is 11.9. The zero-order valence-corrected chi connectivity index (χ0v) is 23.6. The molecule has 2 amide bonds. The number of anilines is 1. The van der Waals surface area contributed by atoms with Gasteiger partial charge in [-0.05, 0) is 62.7 Å². The first-order chi connectivity index (χ1) is 18.6. The Balaban J connectivity index is 2.03. The summed E-state index contributed by atoms with van der Waals surface area (Å²) in [4.78, 5) is 28.3. The fourth-order valence-corrected chi connectivity index (χ4v) is 5.36. The molecule has 0 aromatic heterocycles. The lowest BCUT2D eigenvalue weighted by Crippen LogP contribution is -2.52. The Kier molecular flexibility index (Phi) is 9.95. The van der Waals surface area contributed by atoms with Crippen LogP contribution in [0.4, 0.5) is 5.69 Å². The summed E-state index contributed by atoms with van der Waals surface area (Å²) < 4.78 is 39.1. The van der Waals surface area contributed by atoms with E-state index in [0.717, 1.165) is 9.87 Å². The van der Waals surface area contributed by atoms with Gasteiger partial charge in [0.1, 0.15) is 24.1 Å². The van der Waals surface area contributed by atoms with Gasteiger partial charge >= 0.3 is 0 Å². The molecule has 3 aromatic carbocycles. The van der Waals surface area contributed by atoms with E-state index in [1.165, 1.54) is 24.1 Å². The van der Waals surface area contributed by atoms with E-state index >= 15 is 0 Å². The van der Waals surface area contributed by atoms with Crippen molar-refractivity contribution >= 4 is 27.5 Å². The van der Waals surface area contributed by atoms with Gasteiger partial charge in [0.05, 0.1) is 24.8 Å². The minimum absolute atomic E-state index is 0.0351. The maximum Gasteiger partial charge on any atom is 0.264 e. The molecule has 1 N–H and O–H groups in total. The molecule has 0 fully saturated rings. The molecule has 0 saturated carbocycles. The van der Waals surface area contributed by atoms with Crippen LogP contribution >= 0.6 is 0 Å². The maximum absolute atomic E-state index is 13.9. The highest BCUT2D eigenvalue weighted by molar-refractivity contribution is 7.92. The van der Waals surface area contributed by atoms with E-state index in [-0.39, 0.29) is 29.1 Å². The molecule has 0 spiro atoms. The van der Waals surface area contributed by atoms with E-state index in [0.29, 0.717) is 11.5 Å². The van der Waals surface area contributed by atoms with Crippen LogP contribution < -0.4 is 19.1 Å². The highest BCUT2D eigenvalue weighted by Gasteiger charge is 2.32. The van der Waals surface area contributed by atoms with Gasteiger partial charge in [-0.15, -0.1) is 0 Å². The molecule has 39 heavy (non-hydrogen) atoms. The molecule has 0 heterocycles. The molecule has 10 heteroatoms. The zero-order chi connectivity index (χ0) is 28.6. The highest BCUT2D eigenvalue weighted by atomic mass is 32.2. The van der Waals surface area contributed by atoms with Crippen LogP contribution in [-0.4, -0.2) is 58.0 Å². The fraction of sp³-hybridized carbons (Fsp3) is 0.310. The first-order valence-corrected chi connectivity index (χ1v) is 14.0. The second kappa shape index (κ2) is 13.1. The van der Waals surface area contributed by atoms with Crippen LogP contribution in [-0.2, 0) is 26.2 Å². The number of hydrogen-bond acceptors (Lipinski definition) is 6. The van der Waals surface area contributed by atoms with Crippen LogP contribution in [0.25, 0.3) is 0 Å². The number of benzene rings is 3. The Morgan fingerprint density at radius 1 is 0.846 bits per heavy atom. The molecule has 1 atom stereocenters. The standard InChI is InChI=1S/C29H35N3O6S/c1-21(2)30-29(34)22(3)31(19-23-14-16-25(37-4)17-15-23)28(33)20-32(24-10-9-11-26(18-24)38-5)39(35,36)27-12-7-6-8-13-27/h6-18,21-22H,19-20H2,1-5H3,(H,30,34)/t22-/m1/s1. The number of ether oxygens (including phenoxy) is 2. The number of methoxy groups -OCH3 is 2. The predicted octanol–water partition coefficient (Wildman–Crippen LogP) is 3.84. The van der Waals surface area contributed by atoms with Crippen LogP contribution in [0.2, 0.25) is 0 Å². The molecule has 208 valence electrons. The van der Waals surface area contributed by atoms with E-state index < -0.39 is 28.5 Å². The number of carbonyl (C=O) groups is 2. The van der Waals surface area contributed by atoms with E-state index in [1.54, 1.807) is 80.8 Å². The summed E-state index contributed by atoms with van der Waals surface area (Å²) >= 11 is 0. The summed E-state index contributed by atoms with van der Waals surface area (Å²) in [6.45, 7) is 4.85. The summed E-state index contributed by atoms with van der Waals surface area (Å²) in [6, 6.07) is 20.5. The molecule has 0 bridgehead atoms. The average Bonchev–Trinajstić information content (AvgIpc) is 2.94. The van der Waals surface area contributed by atoms with Gasteiger partial charge in [0.2, 0.25) is 11.8 Å². The summed E-state index contributed by atoms with van der Waals surface area (Å²) in [5, 5.41) is 2.84. The lowest BCUT2D eigenvalue weighted by Gasteiger charge is -2.32. The SMILES string of the molecule is COc1ccc(CN(C(=O)CN(c2cccc(OC)c2)S(=O)(=O)c2ccccc2)[C@H](C)C(=O)NC(C)C)cc1. The minimum Gasteiger partial charge on any atom is -0.497 e. The third-order valence-corrected chi connectivity index (χ3v) is 7.85. The Labute approximate surface area is 230 Å². The summed E-state index contributed by atoms with van der Waals surface area (Å²) in [7, 11) is -1.10. The molecular formula is C29H35N3O6S. The Bertz CT molecular complexity index is 1360. The molecule has 3 aromatic rings.